The van der Waals surface area contributed by atoms with Gasteiger partial charge in [0, 0.05) is 24.2 Å². The molecule has 5 aromatic rings. The first-order valence-electron chi connectivity index (χ1n) is 17.4. The smallest absolute Gasteiger partial charge is 0.235 e. The summed E-state index contributed by atoms with van der Waals surface area (Å²) in [6.45, 7) is 1.88. The van der Waals surface area contributed by atoms with Gasteiger partial charge in [-0.25, -0.2) is 0 Å². The van der Waals surface area contributed by atoms with Crippen molar-refractivity contribution in [3.05, 3.63) is 118 Å². The Hall–Kier alpha value is -5.19. The Kier molecular flexibility index (Phi) is 13.8. The van der Waals surface area contributed by atoms with Crippen LogP contribution < -0.4 is 19.6 Å². The fraction of sp³-hybridized carbons (Fsp3) is 0.326. The molecule has 1 heterocycles. The second kappa shape index (κ2) is 19.1. The number of aromatic hydroxyl groups is 1. The third-order valence-electron chi connectivity index (χ3n) is 8.50. The van der Waals surface area contributed by atoms with Gasteiger partial charge in [0.25, 0.3) is 0 Å². The summed E-state index contributed by atoms with van der Waals surface area (Å²) < 4.78 is 29.0. The minimum Gasteiger partial charge on any atom is -0.502 e. The molecule has 7 nitrogen and oxygen atoms in total. The van der Waals surface area contributed by atoms with E-state index in [1.54, 1.807) is 30.3 Å². The highest BCUT2D eigenvalue weighted by Gasteiger charge is 2.20. The molecular formula is C43H46O7. The molecule has 50 heavy (non-hydrogen) atoms. The molecule has 0 aliphatic heterocycles. The highest BCUT2D eigenvalue weighted by atomic mass is 16.5. The van der Waals surface area contributed by atoms with E-state index in [1.807, 2.05) is 48.5 Å². The molecule has 0 unspecified atom stereocenters. The van der Waals surface area contributed by atoms with E-state index in [2.05, 4.69) is 24.0 Å². The summed E-state index contributed by atoms with van der Waals surface area (Å²) in [6.07, 6.45) is 10.2. The number of rotatable bonds is 18. The molecule has 260 valence electrons. The van der Waals surface area contributed by atoms with Crippen LogP contribution in [0, 0.1) is 11.8 Å². The molecule has 0 aliphatic carbocycles. The van der Waals surface area contributed by atoms with Gasteiger partial charge in [0.1, 0.15) is 6.61 Å². The average Bonchev–Trinajstić information content (AvgIpc) is 3.16. The van der Waals surface area contributed by atoms with E-state index in [0.29, 0.717) is 41.6 Å². The fourth-order valence-corrected chi connectivity index (χ4v) is 5.75. The molecule has 0 amide bonds. The molecule has 0 bridgehead atoms. The zero-order valence-electron chi connectivity index (χ0n) is 29.0. The van der Waals surface area contributed by atoms with Gasteiger partial charge >= 0.3 is 0 Å². The maximum Gasteiger partial charge on any atom is 0.235 e. The van der Waals surface area contributed by atoms with Crippen LogP contribution in [0.15, 0.2) is 100 Å². The van der Waals surface area contributed by atoms with E-state index in [-0.39, 0.29) is 16.7 Å². The van der Waals surface area contributed by atoms with Crippen LogP contribution in [0.4, 0.5) is 0 Å². The van der Waals surface area contributed by atoms with E-state index < -0.39 is 11.2 Å². The highest BCUT2D eigenvalue weighted by Crippen LogP contribution is 2.38. The Morgan fingerprint density at radius 1 is 0.680 bits per heavy atom. The van der Waals surface area contributed by atoms with Crippen LogP contribution in [0.2, 0.25) is 0 Å². The van der Waals surface area contributed by atoms with Crippen molar-refractivity contribution in [1.29, 1.82) is 0 Å². The lowest BCUT2D eigenvalue weighted by Gasteiger charge is -2.13. The Bertz CT molecular complexity index is 1920. The number of methoxy groups -OCH3 is 2. The van der Waals surface area contributed by atoms with Gasteiger partial charge < -0.3 is 28.5 Å². The molecule has 5 rings (SSSR count). The maximum absolute atomic E-state index is 13.4. The van der Waals surface area contributed by atoms with Crippen LogP contribution in [0.3, 0.4) is 0 Å². The number of ether oxygens (including phenoxy) is 4. The van der Waals surface area contributed by atoms with Crippen molar-refractivity contribution in [3.63, 3.8) is 0 Å². The molecule has 0 saturated carbocycles. The van der Waals surface area contributed by atoms with Crippen molar-refractivity contribution in [1.82, 2.24) is 0 Å². The summed E-state index contributed by atoms with van der Waals surface area (Å²) in [4.78, 5) is 13.4. The summed E-state index contributed by atoms with van der Waals surface area (Å²) in [5.41, 5.74) is 3.00. The Labute approximate surface area is 294 Å². The average molecular weight is 675 g/mol. The molecule has 0 fully saturated rings. The largest absolute Gasteiger partial charge is 0.502 e. The van der Waals surface area contributed by atoms with Crippen molar-refractivity contribution in [2.75, 3.05) is 20.8 Å². The summed E-state index contributed by atoms with van der Waals surface area (Å²) in [6, 6.07) is 28.6. The minimum absolute atomic E-state index is 0.0143. The molecule has 0 aliphatic rings. The zero-order valence-corrected chi connectivity index (χ0v) is 29.0. The van der Waals surface area contributed by atoms with Crippen LogP contribution in [0.1, 0.15) is 74.5 Å². The van der Waals surface area contributed by atoms with Gasteiger partial charge in [-0.05, 0) is 54.3 Å². The lowest BCUT2D eigenvalue weighted by molar-refractivity contribution is 0.116. The predicted octanol–water partition coefficient (Wildman–Crippen LogP) is 9.84. The highest BCUT2D eigenvalue weighted by molar-refractivity contribution is 5.88. The number of unbranched alkanes of at least 4 members (excludes halogenated alkanes) is 8. The van der Waals surface area contributed by atoms with Gasteiger partial charge in [-0.2, -0.15) is 0 Å². The van der Waals surface area contributed by atoms with Crippen LogP contribution in [-0.2, 0) is 18.0 Å². The van der Waals surface area contributed by atoms with E-state index in [4.69, 9.17) is 23.4 Å². The van der Waals surface area contributed by atoms with Gasteiger partial charge in [0.05, 0.1) is 26.2 Å². The van der Waals surface area contributed by atoms with E-state index in [0.717, 1.165) is 37.9 Å². The minimum atomic E-state index is -0.564. The predicted molar refractivity (Wildman–Crippen MR) is 198 cm³/mol. The lowest BCUT2D eigenvalue weighted by atomic mass is 10.1. The zero-order chi connectivity index (χ0) is 35.0. The van der Waals surface area contributed by atoms with Crippen LogP contribution in [0.25, 0.3) is 22.3 Å². The Morgan fingerprint density at radius 3 is 2.00 bits per heavy atom. The maximum atomic E-state index is 13.4. The van der Waals surface area contributed by atoms with Gasteiger partial charge in [-0.15, -0.1) is 0 Å². The first kappa shape index (κ1) is 36.1. The number of benzene rings is 4. The molecule has 4 aromatic carbocycles. The fourth-order valence-electron chi connectivity index (χ4n) is 5.75. The topological polar surface area (TPSA) is 87.4 Å². The summed E-state index contributed by atoms with van der Waals surface area (Å²) in [7, 11) is 3.05. The van der Waals surface area contributed by atoms with Crippen molar-refractivity contribution >= 4 is 11.0 Å². The number of fused-ring (bicyclic) bond motifs is 1. The normalized spacial score (nSPS) is 10.8. The SMILES string of the molecule is COc1cc(-c2oc3c(OC)cc(C#CCCCCCCCCCCOCc4ccccc4)cc3c(=O)c2O)ccc1OCc1ccccc1. The van der Waals surface area contributed by atoms with Crippen molar-refractivity contribution in [2.45, 2.75) is 71.0 Å². The first-order chi connectivity index (χ1) is 24.6. The second-order valence-electron chi connectivity index (χ2n) is 12.2. The molecular weight excluding hydrogens is 628 g/mol. The van der Waals surface area contributed by atoms with Crippen molar-refractivity contribution < 1.29 is 28.5 Å². The summed E-state index contributed by atoms with van der Waals surface area (Å²) in [5.74, 6) is 7.23. The monoisotopic (exact) mass is 674 g/mol. The quantitative estimate of drug-likeness (QED) is 0.0731. The first-order valence-corrected chi connectivity index (χ1v) is 17.4. The van der Waals surface area contributed by atoms with E-state index in [1.165, 1.54) is 51.9 Å². The van der Waals surface area contributed by atoms with E-state index >= 15 is 0 Å². The van der Waals surface area contributed by atoms with Gasteiger partial charge in [-0.3, -0.25) is 4.79 Å². The Balaban J connectivity index is 1.11. The third kappa shape index (κ3) is 10.2. The molecule has 0 spiro atoms. The molecule has 7 heteroatoms. The number of hydrogen-bond acceptors (Lipinski definition) is 7. The molecule has 0 saturated heterocycles. The molecule has 1 aromatic heterocycles. The van der Waals surface area contributed by atoms with Crippen molar-refractivity contribution in [3.8, 4) is 46.2 Å². The molecule has 1 N–H and O–H groups in total. The van der Waals surface area contributed by atoms with Gasteiger partial charge in [0.2, 0.25) is 11.2 Å². The third-order valence-corrected chi connectivity index (χ3v) is 8.50. The molecule has 0 radical (unpaired) electrons. The van der Waals surface area contributed by atoms with Crippen LogP contribution in [0.5, 0.6) is 23.0 Å². The standard InChI is InChI=1S/C43H46O7/c1-46-38-29-35(24-25-37(38)49-31-33-21-16-12-17-22-33)42-41(45)40(44)36-27-34(28-39(47-2)43(36)50-42)23-13-9-7-5-3-4-6-8-10-18-26-48-30-32-19-14-11-15-20-32/h11-12,14-17,19-22,24-25,27-29,45H,3-10,18,26,30-31H2,1-2H3. The van der Waals surface area contributed by atoms with Gasteiger partial charge in [-0.1, -0.05) is 111 Å². The van der Waals surface area contributed by atoms with Crippen LogP contribution >= 0.6 is 0 Å². The molecule has 0 atom stereocenters. The summed E-state index contributed by atoms with van der Waals surface area (Å²) >= 11 is 0. The van der Waals surface area contributed by atoms with E-state index in [9.17, 15) is 9.90 Å². The number of hydrogen-bond donors (Lipinski definition) is 1. The van der Waals surface area contributed by atoms with Crippen LogP contribution in [-0.4, -0.2) is 25.9 Å². The second-order valence-corrected chi connectivity index (χ2v) is 12.2. The lowest BCUT2D eigenvalue weighted by Crippen LogP contribution is -2.04. The van der Waals surface area contributed by atoms with Gasteiger partial charge in [0.15, 0.2) is 28.6 Å². The Morgan fingerprint density at radius 2 is 1.32 bits per heavy atom. The summed E-state index contributed by atoms with van der Waals surface area (Å²) in [5, 5.41) is 11.2. The van der Waals surface area contributed by atoms with Crippen molar-refractivity contribution in [2.24, 2.45) is 0 Å².